The summed E-state index contributed by atoms with van der Waals surface area (Å²) in [5.41, 5.74) is 2.28. The van der Waals surface area contributed by atoms with E-state index in [1.807, 2.05) is 19.9 Å². The molecule has 1 saturated carbocycles. The smallest absolute Gasteiger partial charge is 0.326 e. The lowest BCUT2D eigenvalue weighted by molar-refractivity contribution is -0.139. The third-order valence-corrected chi connectivity index (χ3v) is 7.27. The molecule has 6 nitrogen and oxygen atoms in total. The second kappa shape index (κ2) is 9.45. The van der Waals surface area contributed by atoms with Gasteiger partial charge in [-0.3, -0.25) is 4.79 Å². The number of rotatable bonds is 8. The molecule has 2 unspecified atom stereocenters. The lowest BCUT2D eigenvalue weighted by atomic mass is 10.0. The topological polar surface area (TPSA) is 84.2 Å². The largest absolute Gasteiger partial charge is 0.480 e. The molecule has 0 saturated heterocycles. The normalized spacial score (nSPS) is 19.5. The number of nitrogens with zero attached hydrogens (tertiary/aromatic N) is 2. The second-order valence-electron chi connectivity index (χ2n) is 9.33. The van der Waals surface area contributed by atoms with E-state index < -0.39 is 12.0 Å². The minimum Gasteiger partial charge on any atom is -0.480 e. The zero-order valence-corrected chi connectivity index (χ0v) is 19.7. The number of carboxylic acids is 1. The van der Waals surface area contributed by atoms with Gasteiger partial charge in [0.2, 0.25) is 0 Å². The lowest BCUT2D eigenvalue weighted by Crippen LogP contribution is -2.41. The summed E-state index contributed by atoms with van der Waals surface area (Å²) in [7, 11) is 0. The Hall–Kier alpha value is -2.67. The third kappa shape index (κ3) is 4.72. The van der Waals surface area contributed by atoms with Crippen molar-refractivity contribution in [2.75, 3.05) is 0 Å². The molecule has 0 aliphatic heterocycles. The molecule has 1 aliphatic carbocycles. The SMILES string of the molecule is CC(C)CC(NC(=O)c1ccc2c(c1)nc(Cc1cccs1)n2[C@H]1CCCC1C)C(=O)O. The molecule has 1 fully saturated rings. The van der Waals surface area contributed by atoms with Crippen LogP contribution in [0.5, 0.6) is 0 Å². The van der Waals surface area contributed by atoms with Gasteiger partial charge < -0.3 is 15.0 Å². The Balaban J connectivity index is 1.67. The van der Waals surface area contributed by atoms with Crippen molar-refractivity contribution in [1.29, 1.82) is 0 Å². The fourth-order valence-corrected chi connectivity index (χ4v) is 5.50. The van der Waals surface area contributed by atoms with Crippen LogP contribution < -0.4 is 5.32 Å². The van der Waals surface area contributed by atoms with Crippen LogP contribution in [0.3, 0.4) is 0 Å². The monoisotopic (exact) mass is 453 g/mol. The van der Waals surface area contributed by atoms with Crippen molar-refractivity contribution in [3.8, 4) is 0 Å². The van der Waals surface area contributed by atoms with Gasteiger partial charge in [-0.25, -0.2) is 9.78 Å². The number of fused-ring (bicyclic) bond motifs is 1. The van der Waals surface area contributed by atoms with E-state index in [2.05, 4.69) is 34.3 Å². The molecular weight excluding hydrogens is 422 g/mol. The Bertz CT molecular complexity index is 1100. The van der Waals surface area contributed by atoms with E-state index in [9.17, 15) is 14.7 Å². The first kappa shape index (κ1) is 22.5. The van der Waals surface area contributed by atoms with Crippen molar-refractivity contribution >= 4 is 34.2 Å². The molecule has 0 radical (unpaired) electrons. The van der Waals surface area contributed by atoms with Crippen LogP contribution in [-0.2, 0) is 11.2 Å². The van der Waals surface area contributed by atoms with Crippen molar-refractivity contribution in [2.45, 2.75) is 65.0 Å². The minimum atomic E-state index is -1.01. The van der Waals surface area contributed by atoms with Gasteiger partial charge in [0.05, 0.1) is 11.0 Å². The quantitative estimate of drug-likeness (QED) is 0.486. The van der Waals surface area contributed by atoms with Gasteiger partial charge in [-0.15, -0.1) is 11.3 Å². The summed E-state index contributed by atoms with van der Waals surface area (Å²) in [6.45, 7) is 6.20. The van der Waals surface area contributed by atoms with Gasteiger partial charge in [0.15, 0.2) is 0 Å². The first-order chi connectivity index (χ1) is 15.3. The molecule has 32 heavy (non-hydrogen) atoms. The van der Waals surface area contributed by atoms with Crippen molar-refractivity contribution < 1.29 is 14.7 Å². The van der Waals surface area contributed by atoms with E-state index in [4.69, 9.17) is 4.98 Å². The zero-order chi connectivity index (χ0) is 22.8. The van der Waals surface area contributed by atoms with Crippen LogP contribution in [0, 0.1) is 11.8 Å². The number of imidazole rings is 1. The highest BCUT2D eigenvalue weighted by Crippen LogP contribution is 2.39. The van der Waals surface area contributed by atoms with Crippen molar-refractivity contribution in [2.24, 2.45) is 11.8 Å². The molecule has 2 heterocycles. The van der Waals surface area contributed by atoms with E-state index in [1.54, 1.807) is 23.5 Å². The summed E-state index contributed by atoms with van der Waals surface area (Å²) < 4.78 is 2.38. The first-order valence-corrected chi connectivity index (χ1v) is 12.3. The van der Waals surface area contributed by atoms with Gasteiger partial charge in [0.25, 0.3) is 5.91 Å². The second-order valence-corrected chi connectivity index (χ2v) is 10.4. The number of hydrogen-bond acceptors (Lipinski definition) is 4. The highest BCUT2D eigenvalue weighted by molar-refractivity contribution is 7.09. The highest BCUT2D eigenvalue weighted by atomic mass is 32.1. The number of benzene rings is 1. The Morgan fingerprint density at radius 1 is 1.28 bits per heavy atom. The lowest BCUT2D eigenvalue weighted by Gasteiger charge is -2.21. The maximum Gasteiger partial charge on any atom is 0.326 e. The molecule has 1 aliphatic rings. The van der Waals surface area contributed by atoms with E-state index in [1.165, 1.54) is 17.7 Å². The molecular formula is C25H31N3O3S. The summed E-state index contributed by atoms with van der Waals surface area (Å²) in [5.74, 6) is 0.406. The van der Waals surface area contributed by atoms with Crippen LogP contribution in [0.1, 0.15) is 73.6 Å². The summed E-state index contributed by atoms with van der Waals surface area (Å²) in [4.78, 5) is 30.6. The van der Waals surface area contributed by atoms with E-state index >= 15 is 0 Å². The van der Waals surface area contributed by atoms with Crippen LogP contribution >= 0.6 is 11.3 Å². The summed E-state index contributed by atoms with van der Waals surface area (Å²) in [6.07, 6.45) is 4.74. The number of carbonyl (C=O) groups is 2. The number of aliphatic carboxylic acids is 1. The molecule has 1 aromatic carbocycles. The molecule has 2 aromatic heterocycles. The number of carboxylic acid groups (broad SMARTS) is 1. The Morgan fingerprint density at radius 2 is 2.09 bits per heavy atom. The molecule has 170 valence electrons. The molecule has 2 N–H and O–H groups in total. The predicted octanol–water partition coefficient (Wildman–Crippen LogP) is 5.28. The fourth-order valence-electron chi connectivity index (χ4n) is 4.80. The van der Waals surface area contributed by atoms with Crippen molar-refractivity contribution in [3.63, 3.8) is 0 Å². The molecule has 0 spiro atoms. The molecule has 1 amide bonds. The van der Waals surface area contributed by atoms with E-state index in [-0.39, 0.29) is 11.8 Å². The van der Waals surface area contributed by atoms with Gasteiger partial charge in [0.1, 0.15) is 11.9 Å². The van der Waals surface area contributed by atoms with Crippen molar-refractivity contribution in [3.05, 3.63) is 52.0 Å². The van der Waals surface area contributed by atoms with Crippen molar-refractivity contribution in [1.82, 2.24) is 14.9 Å². The standard InChI is InChI=1S/C25H31N3O3S/c1-15(2)12-20(25(30)31)27-24(29)17-9-10-22-19(13-17)26-23(14-18-7-5-11-32-18)28(22)21-8-4-6-16(21)3/h5,7,9-11,13,15-16,20-21H,4,6,8,12,14H2,1-3H3,(H,27,29)(H,30,31)/t16?,20?,21-/m0/s1. The van der Waals surface area contributed by atoms with Crippen LogP contribution in [-0.4, -0.2) is 32.6 Å². The van der Waals surface area contributed by atoms with Gasteiger partial charge in [0, 0.05) is 22.9 Å². The van der Waals surface area contributed by atoms with Gasteiger partial charge >= 0.3 is 5.97 Å². The summed E-state index contributed by atoms with van der Waals surface area (Å²) >= 11 is 1.73. The number of amides is 1. The number of thiophene rings is 1. The van der Waals surface area contributed by atoms with Crippen LogP contribution in [0.15, 0.2) is 35.7 Å². The molecule has 3 aromatic rings. The maximum absolute atomic E-state index is 12.8. The maximum atomic E-state index is 12.8. The highest BCUT2D eigenvalue weighted by Gasteiger charge is 2.29. The molecule has 4 rings (SSSR count). The molecule has 7 heteroatoms. The first-order valence-electron chi connectivity index (χ1n) is 11.4. The number of nitrogens with one attached hydrogen (secondary N) is 1. The number of carbonyl (C=O) groups excluding carboxylic acids is 1. The molecule has 3 atom stereocenters. The zero-order valence-electron chi connectivity index (χ0n) is 18.9. The number of hydrogen-bond donors (Lipinski definition) is 2. The number of aromatic nitrogens is 2. The van der Waals surface area contributed by atoms with Gasteiger partial charge in [-0.2, -0.15) is 0 Å². The van der Waals surface area contributed by atoms with E-state index in [0.717, 1.165) is 29.7 Å². The van der Waals surface area contributed by atoms with Crippen LogP contribution in [0.25, 0.3) is 11.0 Å². The summed E-state index contributed by atoms with van der Waals surface area (Å²) in [5, 5.41) is 14.2. The van der Waals surface area contributed by atoms with Crippen LogP contribution in [0.4, 0.5) is 0 Å². The Morgan fingerprint density at radius 3 is 2.72 bits per heavy atom. The third-order valence-electron chi connectivity index (χ3n) is 6.40. The fraction of sp³-hybridized carbons (Fsp3) is 0.480. The molecule has 0 bridgehead atoms. The van der Waals surface area contributed by atoms with Gasteiger partial charge in [-0.05, 0) is 60.7 Å². The predicted molar refractivity (Wildman–Crippen MR) is 127 cm³/mol. The van der Waals surface area contributed by atoms with E-state index in [0.29, 0.717) is 23.9 Å². The Kier molecular flexibility index (Phi) is 6.65. The minimum absolute atomic E-state index is 0.169. The van der Waals surface area contributed by atoms with Crippen LogP contribution in [0.2, 0.25) is 0 Å². The average molecular weight is 454 g/mol. The summed E-state index contributed by atoms with van der Waals surface area (Å²) in [6, 6.07) is 9.27. The Labute approximate surface area is 192 Å². The average Bonchev–Trinajstić information content (AvgIpc) is 3.47. The van der Waals surface area contributed by atoms with Gasteiger partial charge in [-0.1, -0.05) is 33.3 Å².